The van der Waals surface area contributed by atoms with Gasteiger partial charge >= 0.3 is 12.1 Å². The lowest BCUT2D eigenvalue weighted by Gasteiger charge is -2.28. The highest BCUT2D eigenvalue weighted by Crippen LogP contribution is 2.30. The van der Waals surface area contributed by atoms with Crippen molar-refractivity contribution in [2.75, 3.05) is 0 Å². The van der Waals surface area contributed by atoms with Crippen LogP contribution in [0.1, 0.15) is 23.0 Å². The van der Waals surface area contributed by atoms with Crippen LogP contribution >= 0.6 is 0 Å². The van der Waals surface area contributed by atoms with Crippen molar-refractivity contribution in [3.8, 4) is 0 Å². The molecule has 18 heavy (non-hydrogen) atoms. The average Bonchev–Trinajstić information content (AvgIpc) is 2.62. The Kier molecular flexibility index (Phi) is 3.36. The highest BCUT2D eigenvalue weighted by Gasteiger charge is 2.58. The fraction of sp³-hybridized carbons (Fsp3) is 0.444. The van der Waals surface area contributed by atoms with Crippen molar-refractivity contribution in [2.24, 2.45) is 0 Å². The Morgan fingerprint density at radius 1 is 1.44 bits per heavy atom. The predicted octanol–water partition coefficient (Wildman–Crippen LogP) is 0.854. The van der Waals surface area contributed by atoms with Crippen LogP contribution in [0.5, 0.6) is 0 Å². The molecule has 1 atom stereocenters. The van der Waals surface area contributed by atoms with Crippen LogP contribution in [-0.4, -0.2) is 38.9 Å². The first-order valence-corrected chi connectivity index (χ1v) is 4.72. The SMILES string of the molecule is Cc1[nH]ncc1C(=O)NC(C)(C(=O)O)C(F)(F)F. The van der Waals surface area contributed by atoms with E-state index in [0.717, 1.165) is 6.20 Å². The molecule has 1 unspecified atom stereocenters. The van der Waals surface area contributed by atoms with Crippen LogP contribution in [0.15, 0.2) is 6.20 Å². The molecule has 1 heterocycles. The number of carboxylic acids is 1. The Morgan fingerprint density at radius 2 is 2.00 bits per heavy atom. The number of rotatable bonds is 3. The van der Waals surface area contributed by atoms with Crippen LogP contribution in [0.25, 0.3) is 0 Å². The maximum absolute atomic E-state index is 12.6. The van der Waals surface area contributed by atoms with Gasteiger partial charge in [-0.3, -0.25) is 9.89 Å². The molecule has 1 rings (SSSR count). The van der Waals surface area contributed by atoms with E-state index in [-0.39, 0.29) is 11.3 Å². The third-order valence-corrected chi connectivity index (χ3v) is 2.43. The number of halogens is 3. The van der Waals surface area contributed by atoms with E-state index in [2.05, 4.69) is 10.2 Å². The monoisotopic (exact) mass is 265 g/mol. The highest BCUT2D eigenvalue weighted by molar-refractivity contribution is 5.98. The van der Waals surface area contributed by atoms with Gasteiger partial charge in [-0.25, -0.2) is 4.79 Å². The lowest BCUT2D eigenvalue weighted by Crippen LogP contribution is -2.61. The Bertz CT molecular complexity index is 483. The maximum atomic E-state index is 12.6. The summed E-state index contributed by atoms with van der Waals surface area (Å²) in [5, 5.41) is 15.9. The number of alkyl halides is 3. The zero-order chi connectivity index (χ0) is 14.1. The van der Waals surface area contributed by atoms with Gasteiger partial charge in [-0.05, 0) is 13.8 Å². The van der Waals surface area contributed by atoms with Gasteiger partial charge in [0.05, 0.1) is 11.8 Å². The molecule has 9 heteroatoms. The topological polar surface area (TPSA) is 95.1 Å². The van der Waals surface area contributed by atoms with Gasteiger partial charge in [0, 0.05) is 5.69 Å². The number of hydrogen-bond acceptors (Lipinski definition) is 3. The molecule has 0 aliphatic rings. The zero-order valence-electron chi connectivity index (χ0n) is 9.42. The van der Waals surface area contributed by atoms with Gasteiger partial charge in [0.15, 0.2) is 0 Å². The largest absolute Gasteiger partial charge is 0.479 e. The van der Waals surface area contributed by atoms with Gasteiger partial charge in [0.2, 0.25) is 5.54 Å². The molecule has 100 valence electrons. The highest BCUT2D eigenvalue weighted by atomic mass is 19.4. The summed E-state index contributed by atoms with van der Waals surface area (Å²) in [7, 11) is 0. The second kappa shape index (κ2) is 4.31. The van der Waals surface area contributed by atoms with Gasteiger partial charge in [-0.1, -0.05) is 0 Å². The second-order valence-electron chi connectivity index (χ2n) is 3.79. The molecule has 3 N–H and O–H groups in total. The molecule has 1 aromatic heterocycles. The van der Waals surface area contributed by atoms with E-state index in [4.69, 9.17) is 5.11 Å². The number of aromatic nitrogens is 2. The molecule has 0 aromatic carbocycles. The maximum Gasteiger partial charge on any atom is 0.422 e. The molecule has 6 nitrogen and oxygen atoms in total. The number of nitrogens with zero attached hydrogens (tertiary/aromatic N) is 1. The van der Waals surface area contributed by atoms with Crippen molar-refractivity contribution in [1.29, 1.82) is 0 Å². The summed E-state index contributed by atoms with van der Waals surface area (Å²) in [6.45, 7) is 1.80. The lowest BCUT2D eigenvalue weighted by atomic mass is 10.0. The molecule has 1 aromatic rings. The molecule has 0 radical (unpaired) electrons. The summed E-state index contributed by atoms with van der Waals surface area (Å²) < 4.78 is 37.9. The van der Waals surface area contributed by atoms with Gasteiger partial charge in [-0.2, -0.15) is 18.3 Å². The molecule has 0 saturated carbocycles. The van der Waals surface area contributed by atoms with E-state index in [1.807, 2.05) is 0 Å². The zero-order valence-corrected chi connectivity index (χ0v) is 9.42. The molecule has 0 fully saturated rings. The number of H-pyrrole nitrogens is 1. The number of amides is 1. The van der Waals surface area contributed by atoms with E-state index in [9.17, 15) is 22.8 Å². The first-order chi connectivity index (χ1) is 8.09. The molecular formula is C9H10F3N3O3. The Morgan fingerprint density at radius 3 is 2.33 bits per heavy atom. The van der Waals surface area contributed by atoms with Gasteiger partial charge in [0.1, 0.15) is 0 Å². The molecule has 0 bridgehead atoms. The van der Waals surface area contributed by atoms with Gasteiger partial charge in [0.25, 0.3) is 5.91 Å². The number of carboxylic acid groups (broad SMARTS) is 1. The van der Waals surface area contributed by atoms with Crippen molar-refractivity contribution in [3.63, 3.8) is 0 Å². The van der Waals surface area contributed by atoms with E-state index in [1.165, 1.54) is 12.2 Å². The summed E-state index contributed by atoms with van der Waals surface area (Å²) in [5.41, 5.74) is -3.26. The second-order valence-corrected chi connectivity index (χ2v) is 3.79. The molecule has 1 amide bonds. The van der Waals surface area contributed by atoms with Crippen LogP contribution in [0.2, 0.25) is 0 Å². The number of carbonyl (C=O) groups excluding carboxylic acids is 1. The third-order valence-electron chi connectivity index (χ3n) is 2.43. The molecule has 0 aliphatic carbocycles. The Hall–Kier alpha value is -2.06. The molecule has 0 aliphatic heterocycles. The minimum Gasteiger partial charge on any atom is -0.479 e. The van der Waals surface area contributed by atoms with Crippen molar-refractivity contribution in [3.05, 3.63) is 17.5 Å². The van der Waals surface area contributed by atoms with Gasteiger partial charge in [-0.15, -0.1) is 0 Å². The molecular weight excluding hydrogens is 255 g/mol. The van der Waals surface area contributed by atoms with Crippen LogP contribution < -0.4 is 5.32 Å². The van der Waals surface area contributed by atoms with Crippen LogP contribution in [0.3, 0.4) is 0 Å². The average molecular weight is 265 g/mol. The first-order valence-electron chi connectivity index (χ1n) is 4.72. The summed E-state index contributed by atoms with van der Waals surface area (Å²) in [4.78, 5) is 22.3. The Labute approximate surface area is 99.2 Å². The predicted molar refractivity (Wildman–Crippen MR) is 52.9 cm³/mol. The fourth-order valence-corrected chi connectivity index (χ4v) is 1.12. The summed E-state index contributed by atoms with van der Waals surface area (Å²) in [5.74, 6) is -3.35. The van der Waals surface area contributed by atoms with E-state index < -0.39 is 23.6 Å². The number of hydrogen-bond donors (Lipinski definition) is 3. The van der Waals surface area contributed by atoms with Crippen LogP contribution in [0, 0.1) is 6.92 Å². The van der Waals surface area contributed by atoms with E-state index in [0.29, 0.717) is 6.92 Å². The summed E-state index contributed by atoms with van der Waals surface area (Å²) in [6.07, 6.45) is -4.10. The standard InChI is InChI=1S/C9H10F3N3O3/c1-4-5(3-13-15-4)6(16)14-8(2,7(17)18)9(10,11)12/h3H,1-2H3,(H,13,15)(H,14,16)(H,17,18). The van der Waals surface area contributed by atoms with Crippen molar-refractivity contribution < 1.29 is 27.9 Å². The molecule has 0 spiro atoms. The Balaban J connectivity index is 3.04. The fourth-order valence-electron chi connectivity index (χ4n) is 1.12. The lowest BCUT2D eigenvalue weighted by molar-refractivity contribution is -0.203. The van der Waals surface area contributed by atoms with Crippen LogP contribution in [0.4, 0.5) is 13.2 Å². The van der Waals surface area contributed by atoms with Crippen LogP contribution in [-0.2, 0) is 4.79 Å². The normalized spacial score (nSPS) is 14.9. The smallest absolute Gasteiger partial charge is 0.422 e. The van der Waals surface area contributed by atoms with Crippen molar-refractivity contribution in [2.45, 2.75) is 25.6 Å². The number of aryl methyl sites for hydroxylation is 1. The third kappa shape index (κ3) is 2.29. The van der Waals surface area contributed by atoms with E-state index >= 15 is 0 Å². The van der Waals surface area contributed by atoms with E-state index in [1.54, 1.807) is 0 Å². The van der Waals surface area contributed by atoms with Crippen molar-refractivity contribution >= 4 is 11.9 Å². The minimum absolute atomic E-state index is 0.147. The summed E-state index contributed by atoms with van der Waals surface area (Å²) >= 11 is 0. The number of aromatic amines is 1. The summed E-state index contributed by atoms with van der Waals surface area (Å²) in [6, 6.07) is 0. The van der Waals surface area contributed by atoms with Gasteiger partial charge < -0.3 is 10.4 Å². The molecule has 0 saturated heterocycles. The number of aliphatic carboxylic acids is 1. The first kappa shape index (κ1) is 14.0. The quantitative estimate of drug-likeness (QED) is 0.755. The minimum atomic E-state index is -5.12. The number of nitrogens with one attached hydrogen (secondary N) is 2. The number of carbonyl (C=O) groups is 2. The van der Waals surface area contributed by atoms with Crippen molar-refractivity contribution in [1.82, 2.24) is 15.5 Å².